The smallest absolute Gasteiger partial charge is 0.264 e. The minimum absolute atomic E-state index is 0.00381. The number of benzene rings is 5. The summed E-state index contributed by atoms with van der Waals surface area (Å²) >= 11 is 0. The van der Waals surface area contributed by atoms with E-state index >= 15 is 0 Å². The van der Waals surface area contributed by atoms with Gasteiger partial charge < -0.3 is 15.0 Å². The zero-order chi connectivity index (χ0) is 34.8. The summed E-state index contributed by atoms with van der Waals surface area (Å²) < 4.78 is 49.2. The Bertz CT molecular complexity index is 1920. The number of nitrogens with one attached hydrogen (secondary N) is 1. The summed E-state index contributed by atoms with van der Waals surface area (Å²) in [6.07, 6.45) is 0.170. The first-order chi connectivity index (χ1) is 23.6. The minimum Gasteiger partial charge on any atom is -0.457 e. The van der Waals surface area contributed by atoms with E-state index in [0.29, 0.717) is 17.1 Å². The molecule has 0 aliphatic carbocycles. The molecule has 0 heterocycles. The first-order valence-corrected chi connectivity index (χ1v) is 17.3. The Morgan fingerprint density at radius 1 is 0.714 bits per heavy atom. The summed E-state index contributed by atoms with van der Waals surface area (Å²) in [5.74, 6) is -0.369. The van der Waals surface area contributed by atoms with Crippen LogP contribution in [0, 0.1) is 5.82 Å². The van der Waals surface area contributed by atoms with Crippen LogP contribution in [0.5, 0.6) is 11.5 Å². The second kappa shape index (κ2) is 16.1. The van der Waals surface area contributed by atoms with Crippen LogP contribution in [0.2, 0.25) is 0 Å². The molecule has 49 heavy (non-hydrogen) atoms. The zero-order valence-corrected chi connectivity index (χ0v) is 28.1. The number of rotatable bonds is 14. The number of anilines is 1. The average Bonchev–Trinajstić information content (AvgIpc) is 3.11. The lowest BCUT2D eigenvalue weighted by atomic mass is 10.0. The summed E-state index contributed by atoms with van der Waals surface area (Å²) in [6, 6.07) is 37.1. The lowest BCUT2D eigenvalue weighted by Crippen LogP contribution is -2.54. The number of hydrogen-bond donors (Lipinski definition) is 1. The number of halogens is 1. The van der Waals surface area contributed by atoms with Gasteiger partial charge in [-0.1, -0.05) is 78.9 Å². The van der Waals surface area contributed by atoms with Gasteiger partial charge in [0.05, 0.1) is 10.6 Å². The van der Waals surface area contributed by atoms with E-state index < -0.39 is 40.2 Å². The van der Waals surface area contributed by atoms with Crippen LogP contribution >= 0.6 is 0 Å². The van der Waals surface area contributed by atoms with Crippen LogP contribution in [-0.4, -0.2) is 43.8 Å². The third-order valence-electron chi connectivity index (χ3n) is 7.68. The van der Waals surface area contributed by atoms with E-state index in [1.165, 1.54) is 29.2 Å². The van der Waals surface area contributed by atoms with Gasteiger partial charge in [0.1, 0.15) is 29.9 Å². The molecule has 2 amide bonds. The summed E-state index contributed by atoms with van der Waals surface area (Å²) in [5, 5.41) is 2.92. The molecule has 5 aromatic rings. The topological polar surface area (TPSA) is 96.0 Å². The first kappa shape index (κ1) is 34.8. The van der Waals surface area contributed by atoms with E-state index in [2.05, 4.69) is 5.32 Å². The molecule has 0 unspecified atom stereocenters. The van der Waals surface area contributed by atoms with Gasteiger partial charge in [-0.3, -0.25) is 13.9 Å². The molecule has 0 aromatic heterocycles. The normalized spacial score (nSPS) is 11.8. The highest BCUT2D eigenvalue weighted by Gasteiger charge is 2.34. The number of carbonyl (C=O) groups excluding carboxylic acids is 2. The number of sulfonamides is 1. The lowest BCUT2D eigenvalue weighted by Gasteiger charge is -2.34. The van der Waals surface area contributed by atoms with Crippen molar-refractivity contribution in [3.05, 3.63) is 156 Å². The number of hydrogen-bond acceptors (Lipinski definition) is 5. The molecule has 0 fully saturated rings. The van der Waals surface area contributed by atoms with Crippen LogP contribution in [0.25, 0.3) is 0 Å². The van der Waals surface area contributed by atoms with Crippen LogP contribution in [0.15, 0.2) is 144 Å². The summed E-state index contributed by atoms with van der Waals surface area (Å²) in [6.45, 7) is 2.97. The molecule has 252 valence electrons. The van der Waals surface area contributed by atoms with Crippen LogP contribution < -0.4 is 14.4 Å². The molecule has 5 rings (SSSR count). The van der Waals surface area contributed by atoms with Crippen LogP contribution in [0.4, 0.5) is 10.1 Å². The van der Waals surface area contributed by atoms with E-state index in [1.54, 1.807) is 66.7 Å². The van der Waals surface area contributed by atoms with Crippen LogP contribution in [0.3, 0.4) is 0 Å². The van der Waals surface area contributed by atoms with Crippen molar-refractivity contribution in [2.75, 3.05) is 10.8 Å². The van der Waals surface area contributed by atoms with Crippen molar-refractivity contribution in [1.82, 2.24) is 10.2 Å². The van der Waals surface area contributed by atoms with Gasteiger partial charge in [-0.15, -0.1) is 0 Å². The van der Waals surface area contributed by atoms with E-state index in [1.807, 2.05) is 62.4 Å². The average molecular weight is 680 g/mol. The molecule has 1 atom stereocenters. The van der Waals surface area contributed by atoms with Gasteiger partial charge in [-0.25, -0.2) is 12.8 Å². The Hall–Kier alpha value is -5.48. The van der Waals surface area contributed by atoms with E-state index in [0.717, 1.165) is 9.87 Å². The largest absolute Gasteiger partial charge is 0.457 e. The zero-order valence-electron chi connectivity index (χ0n) is 27.3. The quantitative estimate of drug-likeness (QED) is 0.137. The van der Waals surface area contributed by atoms with Crippen LogP contribution in [-0.2, 0) is 32.6 Å². The standard InChI is InChI=1S/C39H38FN3O5S/c1-29(2)41-39(45)37(26-30-12-6-3-7-13-30)42(27-31-18-20-32(40)21-19-31)38(44)28-43(49(46,47)36-16-10-5-11-17-36)33-22-24-35(25-23-33)48-34-14-8-4-9-15-34/h3-25,29,37H,26-28H2,1-2H3,(H,41,45)/t37-/m1/s1. The molecule has 0 saturated carbocycles. The fourth-order valence-corrected chi connectivity index (χ4v) is 6.71. The minimum atomic E-state index is -4.26. The van der Waals surface area contributed by atoms with Crippen molar-refractivity contribution >= 4 is 27.5 Å². The molecule has 0 radical (unpaired) electrons. The van der Waals surface area contributed by atoms with Crippen molar-refractivity contribution < 1.29 is 27.1 Å². The maximum absolute atomic E-state index is 14.5. The maximum atomic E-state index is 14.5. The van der Waals surface area contributed by atoms with Gasteiger partial charge in [-0.05, 0) is 85.6 Å². The number of amides is 2. The Morgan fingerprint density at radius 2 is 1.27 bits per heavy atom. The molecular weight excluding hydrogens is 642 g/mol. The monoisotopic (exact) mass is 679 g/mol. The molecule has 0 aliphatic heterocycles. The van der Waals surface area contributed by atoms with E-state index in [-0.39, 0.29) is 29.6 Å². The predicted molar refractivity (Wildman–Crippen MR) is 188 cm³/mol. The summed E-state index contributed by atoms with van der Waals surface area (Å²) in [4.78, 5) is 29.7. The second-order valence-corrected chi connectivity index (χ2v) is 13.6. The molecule has 0 bridgehead atoms. The number of nitrogens with zero attached hydrogens (tertiary/aromatic N) is 2. The molecular formula is C39H38FN3O5S. The van der Waals surface area contributed by atoms with Crippen molar-refractivity contribution in [1.29, 1.82) is 0 Å². The van der Waals surface area contributed by atoms with E-state index in [9.17, 15) is 22.4 Å². The van der Waals surface area contributed by atoms with Gasteiger partial charge in [0.2, 0.25) is 11.8 Å². The molecule has 5 aromatic carbocycles. The predicted octanol–water partition coefficient (Wildman–Crippen LogP) is 6.98. The number of carbonyl (C=O) groups is 2. The first-order valence-electron chi connectivity index (χ1n) is 15.9. The van der Waals surface area contributed by atoms with Crippen molar-refractivity contribution in [2.45, 2.75) is 43.8 Å². The number of para-hydroxylation sites is 1. The lowest BCUT2D eigenvalue weighted by molar-refractivity contribution is -0.140. The molecule has 0 spiro atoms. The molecule has 10 heteroatoms. The fraction of sp³-hybridized carbons (Fsp3) is 0.179. The Kier molecular flexibility index (Phi) is 11.4. The number of ether oxygens (including phenoxy) is 1. The van der Waals surface area contributed by atoms with Crippen molar-refractivity contribution in [3.63, 3.8) is 0 Å². The highest BCUT2D eigenvalue weighted by Crippen LogP contribution is 2.29. The van der Waals surface area contributed by atoms with Crippen LogP contribution in [0.1, 0.15) is 25.0 Å². The van der Waals surface area contributed by atoms with Gasteiger partial charge in [0.25, 0.3) is 10.0 Å². The Balaban J connectivity index is 1.54. The summed E-state index contributed by atoms with van der Waals surface area (Å²) in [7, 11) is -4.26. The SMILES string of the molecule is CC(C)NC(=O)[C@@H](Cc1ccccc1)N(Cc1ccc(F)cc1)C(=O)CN(c1ccc(Oc2ccccc2)cc1)S(=O)(=O)c1ccccc1. The fourth-order valence-electron chi connectivity index (χ4n) is 5.27. The molecule has 0 saturated heterocycles. The molecule has 8 nitrogen and oxygen atoms in total. The van der Waals surface area contributed by atoms with Crippen molar-refractivity contribution in [2.24, 2.45) is 0 Å². The van der Waals surface area contributed by atoms with Gasteiger partial charge in [-0.2, -0.15) is 0 Å². The Labute approximate surface area is 286 Å². The Morgan fingerprint density at radius 3 is 1.86 bits per heavy atom. The molecule has 1 N–H and O–H groups in total. The highest BCUT2D eigenvalue weighted by molar-refractivity contribution is 7.92. The second-order valence-electron chi connectivity index (χ2n) is 11.8. The maximum Gasteiger partial charge on any atom is 0.264 e. The van der Waals surface area contributed by atoms with E-state index in [4.69, 9.17) is 4.74 Å². The van der Waals surface area contributed by atoms with Crippen molar-refractivity contribution in [3.8, 4) is 11.5 Å². The third-order valence-corrected chi connectivity index (χ3v) is 9.47. The highest BCUT2D eigenvalue weighted by atomic mass is 32.2. The third kappa shape index (κ3) is 9.33. The van der Waals surface area contributed by atoms with Gasteiger partial charge >= 0.3 is 0 Å². The summed E-state index contributed by atoms with van der Waals surface area (Å²) in [5.41, 5.74) is 1.61. The van der Waals surface area contributed by atoms with Gasteiger partial charge in [0.15, 0.2) is 0 Å². The van der Waals surface area contributed by atoms with Gasteiger partial charge in [0, 0.05) is 19.0 Å². The molecule has 0 aliphatic rings.